The van der Waals surface area contributed by atoms with Crippen LogP contribution in [0.1, 0.15) is 31.2 Å². The lowest BCUT2D eigenvalue weighted by Gasteiger charge is -2.37. The summed E-state index contributed by atoms with van der Waals surface area (Å²) < 4.78 is 0. The molecule has 1 aromatic carbocycles. The Morgan fingerprint density at radius 1 is 1.19 bits per heavy atom. The van der Waals surface area contributed by atoms with Gasteiger partial charge in [-0.25, -0.2) is 9.69 Å². The number of amides is 4. The predicted octanol–water partition coefficient (Wildman–Crippen LogP) is 2.79. The molecule has 5 nitrogen and oxygen atoms in total. The molecule has 1 aliphatic carbocycles. The van der Waals surface area contributed by atoms with Crippen molar-refractivity contribution >= 4 is 35.1 Å². The summed E-state index contributed by atoms with van der Waals surface area (Å²) in [6.45, 7) is 1.87. The Hall–Kier alpha value is -1.88. The van der Waals surface area contributed by atoms with Gasteiger partial charge in [-0.15, -0.1) is 0 Å². The highest BCUT2D eigenvalue weighted by Crippen LogP contribution is 2.43. The quantitative estimate of drug-likeness (QED) is 0.811. The first-order valence-corrected chi connectivity index (χ1v) is 7.30. The summed E-state index contributed by atoms with van der Waals surface area (Å²) in [7, 11) is 0. The summed E-state index contributed by atoms with van der Waals surface area (Å²) in [6.07, 6.45) is 2.57. The summed E-state index contributed by atoms with van der Waals surface area (Å²) in [5, 5.41) is 2.62. The van der Waals surface area contributed by atoms with Gasteiger partial charge >= 0.3 is 6.03 Å². The largest absolute Gasteiger partial charge is 0.335 e. The van der Waals surface area contributed by atoms with Crippen molar-refractivity contribution in [2.45, 2.75) is 32.6 Å². The Morgan fingerprint density at radius 2 is 1.86 bits per heavy atom. The Morgan fingerprint density at radius 3 is 2.48 bits per heavy atom. The van der Waals surface area contributed by atoms with Crippen molar-refractivity contribution < 1.29 is 14.4 Å². The molecule has 4 amide bonds. The fourth-order valence-corrected chi connectivity index (χ4v) is 3.43. The average molecular weight is 307 g/mol. The number of carbonyl (C=O) groups is 3. The van der Waals surface area contributed by atoms with Crippen molar-refractivity contribution in [1.82, 2.24) is 5.32 Å². The SMILES string of the molecule is Cc1ccc(N2C(=O)NC(=O)C3(CCCC3)C2=O)c(Cl)c1. The first-order valence-electron chi connectivity index (χ1n) is 6.92. The van der Waals surface area contributed by atoms with Crippen molar-refractivity contribution in [3.63, 3.8) is 0 Å². The van der Waals surface area contributed by atoms with Crippen LogP contribution in [-0.2, 0) is 9.59 Å². The number of hydrogen-bond acceptors (Lipinski definition) is 3. The topological polar surface area (TPSA) is 66.5 Å². The second-order valence-electron chi connectivity index (χ2n) is 5.64. The van der Waals surface area contributed by atoms with E-state index in [-0.39, 0.29) is 0 Å². The van der Waals surface area contributed by atoms with E-state index in [1.807, 2.05) is 6.92 Å². The smallest absolute Gasteiger partial charge is 0.276 e. The van der Waals surface area contributed by atoms with E-state index in [1.165, 1.54) is 0 Å². The zero-order valence-corrected chi connectivity index (χ0v) is 12.4. The third-order valence-electron chi connectivity index (χ3n) is 4.27. The van der Waals surface area contributed by atoms with E-state index >= 15 is 0 Å². The molecule has 1 saturated heterocycles. The van der Waals surface area contributed by atoms with Gasteiger partial charge in [-0.3, -0.25) is 14.9 Å². The fourth-order valence-electron chi connectivity index (χ4n) is 3.11. The fraction of sp³-hybridized carbons (Fsp3) is 0.400. The molecule has 1 N–H and O–H groups in total. The van der Waals surface area contributed by atoms with Crippen LogP contribution in [0, 0.1) is 12.3 Å². The molecule has 21 heavy (non-hydrogen) atoms. The van der Waals surface area contributed by atoms with Gasteiger partial charge < -0.3 is 0 Å². The first kappa shape index (κ1) is 14.1. The molecule has 0 aromatic heterocycles. The highest BCUT2D eigenvalue weighted by atomic mass is 35.5. The normalized spacial score (nSPS) is 21.0. The molecule has 1 aliphatic heterocycles. The Balaban J connectivity index is 2.07. The number of carbonyl (C=O) groups excluding carboxylic acids is 3. The Bertz CT molecular complexity index is 650. The molecule has 1 heterocycles. The zero-order chi connectivity index (χ0) is 15.2. The highest BCUT2D eigenvalue weighted by molar-refractivity contribution is 6.37. The summed E-state index contributed by atoms with van der Waals surface area (Å²) in [5.41, 5.74) is 0.145. The number of hydrogen-bond donors (Lipinski definition) is 1. The van der Waals surface area contributed by atoms with Crippen LogP contribution in [-0.4, -0.2) is 17.8 Å². The number of halogens is 1. The number of nitrogens with one attached hydrogen (secondary N) is 1. The van der Waals surface area contributed by atoms with Crippen LogP contribution in [0.25, 0.3) is 0 Å². The van der Waals surface area contributed by atoms with E-state index in [0.717, 1.165) is 23.3 Å². The van der Waals surface area contributed by atoms with Crippen LogP contribution >= 0.6 is 11.6 Å². The lowest BCUT2D eigenvalue weighted by Crippen LogP contribution is -2.63. The minimum atomic E-state index is -1.11. The number of benzene rings is 1. The molecular weight excluding hydrogens is 292 g/mol. The van der Waals surface area contributed by atoms with Gasteiger partial charge in [0.15, 0.2) is 0 Å². The summed E-state index contributed by atoms with van der Waals surface area (Å²) in [6, 6.07) is 4.37. The Kier molecular flexibility index (Phi) is 3.24. The predicted molar refractivity (Wildman–Crippen MR) is 78.1 cm³/mol. The maximum absolute atomic E-state index is 12.8. The average Bonchev–Trinajstić information content (AvgIpc) is 2.90. The molecular formula is C15H15ClN2O3. The standard InChI is InChI=1S/C15H15ClN2O3/c1-9-4-5-11(10(16)8-9)18-13(20)15(6-2-3-7-15)12(19)17-14(18)21/h4-5,8H,2-3,6-7H2,1H3,(H,17,19,21). The maximum atomic E-state index is 12.8. The molecule has 110 valence electrons. The van der Waals surface area contributed by atoms with E-state index in [1.54, 1.807) is 18.2 Å². The van der Waals surface area contributed by atoms with Gasteiger partial charge in [0.1, 0.15) is 5.41 Å². The van der Waals surface area contributed by atoms with Gasteiger partial charge in [0.2, 0.25) is 5.91 Å². The van der Waals surface area contributed by atoms with Gasteiger partial charge in [0, 0.05) is 0 Å². The molecule has 2 aliphatic rings. The first-order chi connectivity index (χ1) is 9.95. The van der Waals surface area contributed by atoms with E-state index in [9.17, 15) is 14.4 Å². The maximum Gasteiger partial charge on any atom is 0.335 e. The van der Waals surface area contributed by atoms with Crippen molar-refractivity contribution in [2.24, 2.45) is 5.41 Å². The number of rotatable bonds is 1. The molecule has 1 spiro atoms. The zero-order valence-electron chi connectivity index (χ0n) is 11.6. The van der Waals surface area contributed by atoms with E-state index < -0.39 is 23.3 Å². The lowest BCUT2D eigenvalue weighted by molar-refractivity contribution is -0.142. The molecule has 3 rings (SSSR count). The van der Waals surface area contributed by atoms with Gasteiger partial charge in [0.25, 0.3) is 5.91 Å². The number of aryl methyl sites for hydroxylation is 1. The molecule has 0 atom stereocenters. The lowest BCUT2D eigenvalue weighted by atomic mass is 9.82. The molecule has 6 heteroatoms. The Labute approximate surface area is 127 Å². The van der Waals surface area contributed by atoms with Crippen molar-refractivity contribution in [3.05, 3.63) is 28.8 Å². The van der Waals surface area contributed by atoms with Crippen molar-refractivity contribution in [3.8, 4) is 0 Å². The minimum Gasteiger partial charge on any atom is -0.276 e. The summed E-state index contributed by atoms with van der Waals surface area (Å²) in [4.78, 5) is 38.1. The molecule has 0 unspecified atom stereocenters. The van der Waals surface area contributed by atoms with Crippen LogP contribution in [0.2, 0.25) is 5.02 Å². The van der Waals surface area contributed by atoms with Gasteiger partial charge in [-0.1, -0.05) is 30.5 Å². The molecule has 0 bridgehead atoms. The third-order valence-corrected chi connectivity index (χ3v) is 4.57. The molecule has 1 saturated carbocycles. The van der Waals surface area contributed by atoms with Gasteiger partial charge in [-0.05, 0) is 37.5 Å². The van der Waals surface area contributed by atoms with E-state index in [0.29, 0.717) is 23.6 Å². The monoisotopic (exact) mass is 306 g/mol. The van der Waals surface area contributed by atoms with Crippen molar-refractivity contribution in [2.75, 3.05) is 4.90 Å². The van der Waals surface area contributed by atoms with Gasteiger partial charge in [0.05, 0.1) is 10.7 Å². The molecule has 1 aromatic rings. The summed E-state index contributed by atoms with van der Waals surface area (Å²) >= 11 is 6.17. The minimum absolute atomic E-state index is 0.320. The van der Waals surface area contributed by atoms with Gasteiger partial charge in [-0.2, -0.15) is 0 Å². The van der Waals surface area contributed by atoms with E-state index in [2.05, 4.69) is 5.32 Å². The van der Waals surface area contributed by atoms with Crippen LogP contribution in [0.4, 0.5) is 10.5 Å². The highest BCUT2D eigenvalue weighted by Gasteiger charge is 2.55. The van der Waals surface area contributed by atoms with E-state index in [4.69, 9.17) is 11.6 Å². The van der Waals surface area contributed by atoms with Crippen molar-refractivity contribution in [1.29, 1.82) is 0 Å². The number of urea groups is 1. The van der Waals surface area contributed by atoms with Crippen LogP contribution in [0.3, 0.4) is 0 Å². The van der Waals surface area contributed by atoms with Crippen LogP contribution in [0.5, 0.6) is 0 Å². The molecule has 0 radical (unpaired) electrons. The van der Waals surface area contributed by atoms with Crippen LogP contribution in [0.15, 0.2) is 18.2 Å². The summed E-state index contributed by atoms with van der Waals surface area (Å²) in [5.74, 6) is -0.936. The molecule has 2 fully saturated rings. The third kappa shape index (κ3) is 2.03. The number of barbiturate groups is 1. The van der Waals surface area contributed by atoms with Crippen LogP contribution < -0.4 is 10.2 Å². The number of nitrogens with zero attached hydrogens (tertiary/aromatic N) is 1. The second-order valence-corrected chi connectivity index (χ2v) is 6.05. The number of anilines is 1. The second kappa shape index (κ2) is 4.84. The number of imide groups is 2.